The normalized spacial score (nSPS) is 16.6. The third kappa shape index (κ3) is 2.94. The van der Waals surface area contributed by atoms with Gasteiger partial charge in [-0.15, -0.1) is 12.2 Å². The molecule has 1 rings (SSSR count). The molecular weight excluding hydrogens is 340 g/mol. The van der Waals surface area contributed by atoms with E-state index in [4.69, 9.17) is 0 Å². The average molecular weight is 350 g/mol. The zero-order valence-corrected chi connectivity index (χ0v) is 12.2. The minimum Gasteiger partial charge on any atom is -0.392 e. The third-order valence-electron chi connectivity index (χ3n) is 1.40. The van der Waals surface area contributed by atoms with Crippen LogP contribution in [-0.4, -0.2) is 12.1 Å². The van der Waals surface area contributed by atoms with Crippen LogP contribution in [0.4, 0.5) is 0 Å². The molecule has 0 bridgehead atoms. The van der Waals surface area contributed by atoms with Crippen molar-refractivity contribution in [2.45, 2.75) is 6.92 Å². The average Bonchev–Trinajstić information content (AvgIpc) is 1.96. The summed E-state index contributed by atoms with van der Waals surface area (Å²) in [5.74, 6) is 0. The van der Waals surface area contributed by atoms with E-state index in [2.05, 4.69) is 46.9 Å². The first-order chi connectivity index (χ1) is 5.15. The van der Waals surface area contributed by atoms with Gasteiger partial charge in [-0.3, -0.25) is 5.43 Å². The van der Waals surface area contributed by atoms with Crippen molar-refractivity contribution in [2.24, 2.45) is 0 Å². The number of halogens is 1. The summed E-state index contributed by atoms with van der Waals surface area (Å²) in [6.07, 6.45) is 5.16. The van der Waals surface area contributed by atoms with Crippen molar-refractivity contribution in [2.75, 3.05) is 7.05 Å². The van der Waals surface area contributed by atoms with Gasteiger partial charge in [0.2, 0.25) is 0 Å². The van der Waals surface area contributed by atoms with Crippen LogP contribution in [0.3, 0.4) is 0 Å². The smallest absolute Gasteiger partial charge is 0.00178 e. The van der Waals surface area contributed by atoms with Gasteiger partial charge in [0.05, 0.1) is 0 Å². The number of hydrazine groups is 1. The molecule has 0 aromatic carbocycles. The van der Waals surface area contributed by atoms with Crippen LogP contribution in [0, 0.1) is 6.20 Å². The van der Waals surface area contributed by atoms with Gasteiger partial charge in [0.15, 0.2) is 0 Å². The summed E-state index contributed by atoms with van der Waals surface area (Å²) in [7, 11) is 1.85. The molecule has 0 aromatic heterocycles. The van der Waals surface area contributed by atoms with E-state index in [0.717, 1.165) is 14.8 Å². The quantitative estimate of drug-likeness (QED) is 0.575. The van der Waals surface area contributed by atoms with E-state index in [1.54, 1.807) is 5.01 Å². The summed E-state index contributed by atoms with van der Waals surface area (Å²) in [6, 6.07) is 0. The van der Waals surface area contributed by atoms with E-state index >= 15 is 0 Å². The molecule has 12 heavy (non-hydrogen) atoms. The second kappa shape index (κ2) is 5.52. The summed E-state index contributed by atoms with van der Waals surface area (Å²) >= 11 is 2.26. The molecule has 1 radical (unpaired) electrons. The van der Waals surface area contributed by atoms with E-state index in [-0.39, 0.29) is 32.7 Å². The van der Waals surface area contributed by atoms with Gasteiger partial charge in [-0.1, -0.05) is 39.3 Å². The second-order valence-corrected chi connectivity index (χ2v) is 3.45. The fourth-order valence-corrected chi connectivity index (χ4v) is 1.56. The maximum absolute atomic E-state index is 3.89. The Labute approximate surface area is 112 Å². The molecule has 4 heteroatoms. The van der Waals surface area contributed by atoms with Gasteiger partial charge >= 0.3 is 0 Å². The van der Waals surface area contributed by atoms with Crippen molar-refractivity contribution in [3.8, 4) is 0 Å². The summed E-state index contributed by atoms with van der Waals surface area (Å²) in [5, 5.41) is 1.79. The van der Waals surface area contributed by atoms with E-state index in [9.17, 15) is 0 Å². The Hall–Kier alpha value is 0.814. The predicted octanol–water partition coefficient (Wildman–Crippen LogP) is 1.97. The standard InChI is InChI=1S/C8H10IN2.Y/c1-6-4-8(9)7(2)11(5-6)10-3;/h4,10H,2H2,1,3H3;/q-1;. The van der Waals surface area contributed by atoms with Gasteiger partial charge in [0, 0.05) is 39.8 Å². The van der Waals surface area contributed by atoms with Crippen molar-refractivity contribution < 1.29 is 32.7 Å². The number of allylic oxidation sites excluding steroid dienone is 3. The van der Waals surface area contributed by atoms with Gasteiger partial charge in [0.25, 0.3) is 0 Å². The Bertz CT molecular complexity index is 245. The molecule has 1 heterocycles. The van der Waals surface area contributed by atoms with Crippen LogP contribution in [0.25, 0.3) is 0 Å². The molecule has 0 aromatic rings. The van der Waals surface area contributed by atoms with E-state index < -0.39 is 0 Å². The second-order valence-electron chi connectivity index (χ2n) is 2.29. The van der Waals surface area contributed by atoms with Crippen molar-refractivity contribution in [1.29, 1.82) is 0 Å². The Morgan fingerprint density at radius 1 is 1.67 bits per heavy atom. The van der Waals surface area contributed by atoms with Crippen LogP contribution < -0.4 is 5.43 Å². The zero-order valence-electron chi connectivity index (χ0n) is 7.19. The van der Waals surface area contributed by atoms with Crippen LogP contribution in [0.1, 0.15) is 6.92 Å². The minimum absolute atomic E-state index is 0. The maximum Gasteiger partial charge on any atom is 0.00178 e. The van der Waals surface area contributed by atoms with Gasteiger partial charge in [-0.25, -0.2) is 0 Å². The molecule has 1 N–H and O–H groups in total. The fraction of sp³-hybridized carbons (Fsp3) is 0.250. The van der Waals surface area contributed by atoms with Crippen LogP contribution in [0.2, 0.25) is 0 Å². The molecule has 63 valence electrons. The minimum atomic E-state index is 0. The Kier molecular flexibility index (Phi) is 5.90. The first-order valence-electron chi connectivity index (χ1n) is 3.29. The molecule has 2 nitrogen and oxygen atoms in total. The molecule has 0 atom stereocenters. The monoisotopic (exact) mass is 350 g/mol. The van der Waals surface area contributed by atoms with E-state index in [1.807, 2.05) is 14.0 Å². The molecule has 0 spiro atoms. The third-order valence-corrected chi connectivity index (χ3v) is 2.33. The molecule has 0 fully saturated rings. The molecule has 1 aliphatic rings. The summed E-state index contributed by atoms with van der Waals surface area (Å²) in [5.41, 5.74) is 5.02. The largest absolute Gasteiger partial charge is 0.392 e. The summed E-state index contributed by atoms with van der Waals surface area (Å²) < 4.78 is 1.15. The predicted molar refractivity (Wildman–Crippen MR) is 54.6 cm³/mol. The fourth-order valence-electron chi connectivity index (χ4n) is 0.847. The molecule has 0 aliphatic carbocycles. The molecule has 0 saturated carbocycles. The van der Waals surface area contributed by atoms with Gasteiger partial charge in [-0.05, 0) is 5.70 Å². The van der Waals surface area contributed by atoms with Crippen molar-refractivity contribution >= 4 is 22.6 Å². The van der Waals surface area contributed by atoms with E-state index in [1.165, 1.54) is 0 Å². The first-order valence-corrected chi connectivity index (χ1v) is 4.37. The van der Waals surface area contributed by atoms with Crippen molar-refractivity contribution in [1.82, 2.24) is 10.4 Å². The van der Waals surface area contributed by atoms with E-state index in [0.29, 0.717) is 0 Å². The van der Waals surface area contributed by atoms with Crippen LogP contribution in [-0.2, 0) is 32.7 Å². The number of nitrogens with one attached hydrogen (secondary N) is 1. The number of hydrogen-bond donors (Lipinski definition) is 1. The van der Waals surface area contributed by atoms with Gasteiger partial charge in [0.1, 0.15) is 0 Å². The molecule has 1 aliphatic heterocycles. The Morgan fingerprint density at radius 2 is 2.25 bits per heavy atom. The summed E-state index contributed by atoms with van der Waals surface area (Å²) in [6.45, 7) is 5.90. The number of nitrogens with zero attached hydrogens (tertiary/aromatic N) is 1. The summed E-state index contributed by atoms with van der Waals surface area (Å²) in [4.78, 5) is 0. The zero-order chi connectivity index (χ0) is 8.43. The molecule has 0 unspecified atom stereocenters. The maximum atomic E-state index is 3.89. The van der Waals surface area contributed by atoms with Crippen molar-refractivity contribution in [3.63, 3.8) is 0 Å². The van der Waals surface area contributed by atoms with Crippen molar-refractivity contribution in [3.05, 3.63) is 33.7 Å². The van der Waals surface area contributed by atoms with Crippen LogP contribution >= 0.6 is 22.6 Å². The number of hydrogen-bond acceptors (Lipinski definition) is 2. The SMILES string of the molecule is C=C1C(I)=CC(C)=[C-]N1NC.[Y]. The van der Waals surface area contributed by atoms with Gasteiger partial charge < -0.3 is 5.01 Å². The van der Waals surface area contributed by atoms with Crippen LogP contribution in [0.15, 0.2) is 27.5 Å². The van der Waals surface area contributed by atoms with Gasteiger partial charge in [-0.2, -0.15) is 6.08 Å². The molecule has 0 saturated heterocycles. The number of rotatable bonds is 1. The first kappa shape index (κ1) is 12.8. The van der Waals surface area contributed by atoms with Crippen LogP contribution in [0.5, 0.6) is 0 Å². The topological polar surface area (TPSA) is 15.3 Å². The Morgan fingerprint density at radius 3 is 2.75 bits per heavy atom. The molecule has 0 amide bonds. The molecular formula is C8H10IN2Y-. The Balaban J connectivity index is 0.00000121.